The highest BCUT2D eigenvalue weighted by Crippen LogP contribution is 1.44. The molecule has 1 radical (unpaired) electrons. The Balaban J connectivity index is 2.55. The zero-order valence-corrected chi connectivity index (χ0v) is 2.73. The Hall–Kier alpha value is -0.300. The van der Waals surface area contributed by atoms with Gasteiger partial charge in [-0.3, -0.25) is 0 Å². The van der Waals surface area contributed by atoms with Crippen LogP contribution in [-0.2, 0) is 0 Å². The van der Waals surface area contributed by atoms with Gasteiger partial charge in [0, 0.05) is 0 Å². The first kappa shape index (κ1) is 3.70. The first-order valence-electron chi connectivity index (χ1n) is 1.24. The lowest BCUT2D eigenvalue weighted by atomic mass is 10.7. The summed E-state index contributed by atoms with van der Waals surface area (Å²) in [6.45, 7) is 1.88. The Morgan fingerprint density at radius 2 is 2.00 bits per heavy atom. The summed E-state index contributed by atoms with van der Waals surface area (Å²) < 4.78 is 0. The van der Waals surface area contributed by atoms with Crippen LogP contribution >= 0.6 is 0 Å². The molecule has 0 fully saturated rings. The molecule has 0 atom stereocenters. The quantitative estimate of drug-likeness (QED) is 0.389. The van der Waals surface area contributed by atoms with Crippen LogP contribution in [0, 0.1) is 0 Å². The molecule has 0 saturated carbocycles. The van der Waals surface area contributed by atoms with E-state index in [9.17, 15) is 0 Å². The van der Waals surface area contributed by atoms with Crippen LogP contribution in [0.1, 0.15) is 6.92 Å². The fourth-order valence-corrected chi connectivity index (χ4v) is 0. The molecule has 23 valence electrons. The molecule has 0 aliphatic heterocycles. The van der Waals surface area contributed by atoms with Gasteiger partial charge in [0.15, 0.2) is 0 Å². The lowest BCUT2D eigenvalue weighted by molar-refractivity contribution is -0.275. The largest absolute Gasteiger partial charge is 0.166 e. The molecule has 0 rings (SSSR count). The average Bonchev–Trinajstić information content (AvgIpc) is 1.37. The van der Waals surface area contributed by atoms with Crippen LogP contribution in [-0.4, -0.2) is 0 Å². The summed E-state index contributed by atoms with van der Waals surface area (Å²) in [5.74, 6) is 0. The highest BCUT2D eigenvalue weighted by atomic mass is 14.5. The molecule has 0 bridgehead atoms. The smallest absolute Gasteiger partial charge is 0.136 e. The molecule has 0 saturated heterocycles. The van der Waals surface area contributed by atoms with E-state index in [1.165, 1.54) is 6.20 Å². The first-order valence-corrected chi connectivity index (χ1v) is 1.24. The third kappa shape index (κ3) is 1.70. The van der Waals surface area contributed by atoms with Gasteiger partial charge >= 0.3 is 0 Å². The second-order valence-electron chi connectivity index (χ2n) is 0.526. The van der Waals surface area contributed by atoms with Crippen molar-refractivity contribution in [2.45, 2.75) is 6.92 Å². The van der Waals surface area contributed by atoms with Crippen LogP contribution in [0.4, 0.5) is 0 Å². The van der Waals surface area contributed by atoms with E-state index in [-0.39, 0.29) is 0 Å². The third-order valence-electron chi connectivity index (χ3n) is 0.192. The van der Waals surface area contributed by atoms with Gasteiger partial charge in [-0.15, -0.1) is 0 Å². The number of hydrogen-bond acceptors (Lipinski definition) is 1. The van der Waals surface area contributed by atoms with E-state index in [1.807, 2.05) is 6.92 Å². The topological polar surface area (TPSA) is 25.3 Å². The van der Waals surface area contributed by atoms with E-state index < -0.39 is 0 Å². The van der Waals surface area contributed by atoms with Gasteiger partial charge in [0.25, 0.3) is 0 Å². The van der Waals surface area contributed by atoms with Gasteiger partial charge in [0.2, 0.25) is 0 Å². The summed E-state index contributed by atoms with van der Waals surface area (Å²) >= 11 is 0. The van der Waals surface area contributed by atoms with Crippen LogP contribution in [0.2, 0.25) is 0 Å². The van der Waals surface area contributed by atoms with Gasteiger partial charge < -0.3 is 0 Å². The van der Waals surface area contributed by atoms with Gasteiger partial charge in [-0.2, -0.15) is 5.73 Å². The molecule has 0 aromatic rings. The zero-order chi connectivity index (χ0) is 3.41. The van der Waals surface area contributed by atoms with Crippen LogP contribution in [0.5, 0.6) is 0 Å². The van der Waals surface area contributed by atoms with Gasteiger partial charge in [-0.1, -0.05) is 0 Å². The Morgan fingerprint density at radius 3 is 2.00 bits per heavy atom. The highest BCUT2D eigenvalue weighted by Gasteiger charge is 1.42. The van der Waals surface area contributed by atoms with Crippen molar-refractivity contribution in [3.8, 4) is 0 Å². The van der Waals surface area contributed by atoms with Gasteiger partial charge in [-0.05, 0) is 13.0 Å². The summed E-state index contributed by atoms with van der Waals surface area (Å²) in [6, 6.07) is 0. The molecule has 0 spiro atoms. The molecule has 0 aliphatic rings. The fourth-order valence-electron chi connectivity index (χ4n) is 0. The number of nitrogens with two attached hydrogens (primary N) is 1. The SMILES string of the molecule is C/C=C/[NH2+]. The monoisotopic (exact) mass is 57.1 g/mol. The highest BCUT2D eigenvalue weighted by molar-refractivity contribution is 4.58. The summed E-state index contributed by atoms with van der Waals surface area (Å²) in [6.07, 6.45) is 3.28. The van der Waals surface area contributed by atoms with Crippen LogP contribution < -0.4 is 5.73 Å². The Kier molecular flexibility index (Phi) is 2.50. The zero-order valence-electron chi connectivity index (χ0n) is 2.73. The van der Waals surface area contributed by atoms with E-state index in [2.05, 4.69) is 0 Å². The first-order chi connectivity index (χ1) is 1.91. The van der Waals surface area contributed by atoms with Crippen molar-refractivity contribution in [1.82, 2.24) is 0 Å². The van der Waals surface area contributed by atoms with Crippen molar-refractivity contribution in [2.75, 3.05) is 0 Å². The lowest BCUT2D eigenvalue weighted by Gasteiger charge is -1.42. The molecule has 2 N–H and O–H groups in total. The fraction of sp³-hybridized carbons (Fsp3) is 0.333. The molecule has 1 heteroatoms. The van der Waals surface area contributed by atoms with Crippen LogP contribution in [0.25, 0.3) is 0 Å². The predicted octanol–water partition coefficient (Wildman–Crippen LogP) is -0.452. The average molecular weight is 57.1 g/mol. The molecule has 0 heterocycles. The summed E-state index contributed by atoms with van der Waals surface area (Å²) in [7, 11) is 0. The normalized spacial score (nSPS) is 9.50. The molecule has 0 aromatic carbocycles. The Labute approximate surface area is 26.1 Å². The molecule has 1 nitrogen and oxygen atoms in total. The molecule has 0 amide bonds. The Bertz CT molecular complexity index is 18.5. The van der Waals surface area contributed by atoms with Crippen molar-refractivity contribution < 1.29 is 5.73 Å². The standard InChI is InChI=1S/C3H7N/c1-2-3-4/h2-3H,4H2,1H3/q+1/b3-2+. The summed E-state index contributed by atoms with van der Waals surface area (Å²) in [5.41, 5.74) is 4.85. The summed E-state index contributed by atoms with van der Waals surface area (Å²) in [4.78, 5) is 0. The number of allylic oxidation sites excluding steroid dienone is 1. The number of hydrogen-bond donors (Lipinski definition) is 1. The molecule has 0 aromatic heterocycles. The molecule has 0 aliphatic carbocycles. The second-order valence-corrected chi connectivity index (χ2v) is 0.526. The maximum atomic E-state index is 4.85. The van der Waals surface area contributed by atoms with Gasteiger partial charge in [0.1, 0.15) is 6.20 Å². The molecular formula is C3H7N+. The summed E-state index contributed by atoms with van der Waals surface area (Å²) in [5, 5.41) is 0. The minimum atomic E-state index is 1.50. The van der Waals surface area contributed by atoms with Gasteiger partial charge in [0.05, 0.1) is 0 Å². The van der Waals surface area contributed by atoms with Crippen molar-refractivity contribution in [3.05, 3.63) is 12.3 Å². The molecular weight excluding hydrogens is 50.0 g/mol. The minimum Gasteiger partial charge on any atom is -0.166 e. The van der Waals surface area contributed by atoms with Crippen molar-refractivity contribution in [2.24, 2.45) is 0 Å². The minimum absolute atomic E-state index is 1.50. The lowest BCUT2D eigenvalue weighted by Crippen LogP contribution is -2.38. The second kappa shape index (κ2) is 2.70. The number of rotatable bonds is 0. The van der Waals surface area contributed by atoms with Crippen molar-refractivity contribution >= 4 is 0 Å². The maximum absolute atomic E-state index is 4.85. The molecule has 0 unspecified atom stereocenters. The van der Waals surface area contributed by atoms with Crippen LogP contribution in [0.15, 0.2) is 12.3 Å². The van der Waals surface area contributed by atoms with Crippen molar-refractivity contribution in [3.63, 3.8) is 0 Å². The van der Waals surface area contributed by atoms with E-state index in [4.69, 9.17) is 5.73 Å². The van der Waals surface area contributed by atoms with Gasteiger partial charge in [-0.25, -0.2) is 0 Å². The maximum Gasteiger partial charge on any atom is 0.136 e. The Morgan fingerprint density at radius 1 is 1.75 bits per heavy atom. The van der Waals surface area contributed by atoms with Crippen molar-refractivity contribution in [1.29, 1.82) is 0 Å². The molecule has 4 heavy (non-hydrogen) atoms. The van der Waals surface area contributed by atoms with E-state index in [0.717, 1.165) is 0 Å². The van der Waals surface area contributed by atoms with E-state index in [0.29, 0.717) is 0 Å². The third-order valence-corrected chi connectivity index (χ3v) is 0.192. The van der Waals surface area contributed by atoms with Crippen LogP contribution in [0.3, 0.4) is 0 Å². The van der Waals surface area contributed by atoms with E-state index in [1.54, 1.807) is 6.08 Å². The predicted molar refractivity (Wildman–Crippen MR) is 16.7 cm³/mol. The van der Waals surface area contributed by atoms with E-state index >= 15 is 0 Å².